The quantitative estimate of drug-likeness (QED) is 0.163. The number of ether oxygens (including phenoxy) is 1. The van der Waals surface area contributed by atoms with E-state index >= 15 is 0 Å². The SMILES string of the molecule is C=CC(=O)OCCCOP(=O)([O-])OO. The second-order valence-corrected chi connectivity index (χ2v) is 3.40. The van der Waals surface area contributed by atoms with Crippen LogP contribution in [0.15, 0.2) is 12.7 Å². The number of carbonyl (C=O) groups is 1. The summed E-state index contributed by atoms with van der Waals surface area (Å²) in [6.07, 6.45) is 1.14. The summed E-state index contributed by atoms with van der Waals surface area (Å²) in [5.74, 6) is -0.603. The standard InChI is InChI=1S/C6H11O7P/c1-2-6(7)11-4-3-5-12-14(9,10)13-8/h2,8H,1,3-5H2,(H,9,10)/p-1. The molecule has 82 valence electrons. The van der Waals surface area contributed by atoms with Gasteiger partial charge in [-0.15, -0.1) is 0 Å². The summed E-state index contributed by atoms with van der Waals surface area (Å²) in [6.45, 7) is 2.91. The molecule has 0 rings (SSSR count). The predicted octanol–water partition coefficient (Wildman–Crippen LogP) is 0.0803. The molecular formula is C6H10O7P-. The minimum Gasteiger partial charge on any atom is -0.754 e. The van der Waals surface area contributed by atoms with Crippen LogP contribution in [0.5, 0.6) is 0 Å². The number of hydrogen-bond acceptors (Lipinski definition) is 7. The van der Waals surface area contributed by atoms with E-state index in [1.54, 1.807) is 0 Å². The minimum atomic E-state index is -4.60. The monoisotopic (exact) mass is 225 g/mol. The van der Waals surface area contributed by atoms with E-state index in [1.807, 2.05) is 0 Å². The molecule has 1 unspecified atom stereocenters. The van der Waals surface area contributed by atoms with Crippen molar-refractivity contribution in [2.75, 3.05) is 13.2 Å². The van der Waals surface area contributed by atoms with Crippen LogP contribution >= 0.6 is 7.82 Å². The molecule has 0 aliphatic carbocycles. The van der Waals surface area contributed by atoms with Crippen molar-refractivity contribution < 1.29 is 33.4 Å². The van der Waals surface area contributed by atoms with Gasteiger partial charge in [0, 0.05) is 12.5 Å². The molecule has 7 nitrogen and oxygen atoms in total. The van der Waals surface area contributed by atoms with Crippen LogP contribution in [-0.4, -0.2) is 24.4 Å². The number of rotatable bonds is 7. The molecule has 1 atom stereocenters. The summed E-state index contributed by atoms with van der Waals surface area (Å²) in [5, 5.41) is 7.78. The van der Waals surface area contributed by atoms with Crippen LogP contribution in [0.1, 0.15) is 6.42 Å². The van der Waals surface area contributed by atoms with Gasteiger partial charge in [0.1, 0.15) is 0 Å². The summed E-state index contributed by atoms with van der Waals surface area (Å²) in [4.78, 5) is 20.8. The van der Waals surface area contributed by atoms with Gasteiger partial charge in [-0.2, -0.15) is 4.67 Å². The van der Waals surface area contributed by atoms with Crippen LogP contribution in [0, 0.1) is 0 Å². The molecule has 0 aromatic heterocycles. The van der Waals surface area contributed by atoms with Crippen molar-refractivity contribution in [1.82, 2.24) is 0 Å². The summed E-state index contributed by atoms with van der Waals surface area (Å²) >= 11 is 0. The normalized spacial score (nSPS) is 14.4. The molecule has 0 aromatic carbocycles. The molecule has 0 spiro atoms. The van der Waals surface area contributed by atoms with Gasteiger partial charge in [0.05, 0.1) is 13.2 Å². The molecule has 1 N–H and O–H groups in total. The fourth-order valence-electron chi connectivity index (χ4n) is 0.491. The van der Waals surface area contributed by atoms with Crippen LogP contribution in [-0.2, 0) is 23.3 Å². The van der Waals surface area contributed by atoms with Crippen LogP contribution in [0.3, 0.4) is 0 Å². The summed E-state index contributed by atoms with van der Waals surface area (Å²) in [6, 6.07) is 0. The third-order valence-corrected chi connectivity index (χ3v) is 1.75. The van der Waals surface area contributed by atoms with Gasteiger partial charge in [-0.05, 0) is 0 Å². The molecule has 0 radical (unpaired) electrons. The first-order valence-electron chi connectivity index (χ1n) is 3.60. The fourth-order valence-corrected chi connectivity index (χ4v) is 0.890. The minimum absolute atomic E-state index is 0.00369. The Bertz CT molecular complexity index is 238. The van der Waals surface area contributed by atoms with E-state index in [4.69, 9.17) is 5.26 Å². The van der Waals surface area contributed by atoms with Crippen molar-refractivity contribution in [2.24, 2.45) is 0 Å². The number of carbonyl (C=O) groups excluding carboxylic acids is 1. The average molecular weight is 225 g/mol. The van der Waals surface area contributed by atoms with Crippen LogP contribution in [0.4, 0.5) is 0 Å². The zero-order chi connectivity index (χ0) is 11.0. The lowest BCUT2D eigenvalue weighted by Gasteiger charge is -2.17. The van der Waals surface area contributed by atoms with Gasteiger partial charge < -0.3 is 14.2 Å². The number of phosphoric ester groups is 1. The lowest BCUT2D eigenvalue weighted by molar-refractivity contribution is -0.283. The molecule has 0 fully saturated rings. The molecule has 0 saturated carbocycles. The average Bonchev–Trinajstić information content (AvgIpc) is 2.17. The Kier molecular flexibility index (Phi) is 6.35. The Morgan fingerprint density at radius 1 is 1.57 bits per heavy atom. The van der Waals surface area contributed by atoms with Gasteiger partial charge in [-0.1, -0.05) is 6.58 Å². The first kappa shape index (κ1) is 13.3. The van der Waals surface area contributed by atoms with Crippen molar-refractivity contribution in [3.05, 3.63) is 12.7 Å². The highest BCUT2D eigenvalue weighted by atomic mass is 31.2. The Morgan fingerprint density at radius 2 is 2.21 bits per heavy atom. The molecule has 0 heterocycles. The zero-order valence-electron chi connectivity index (χ0n) is 7.25. The van der Waals surface area contributed by atoms with Gasteiger partial charge in [-0.25, -0.2) is 10.1 Å². The number of phosphoric acid groups is 1. The maximum absolute atomic E-state index is 10.5. The van der Waals surface area contributed by atoms with Crippen LogP contribution in [0.2, 0.25) is 0 Å². The number of esters is 1. The predicted molar refractivity (Wildman–Crippen MR) is 43.0 cm³/mol. The van der Waals surface area contributed by atoms with Crippen LogP contribution in [0.25, 0.3) is 0 Å². The highest BCUT2D eigenvalue weighted by Gasteiger charge is 2.07. The highest BCUT2D eigenvalue weighted by molar-refractivity contribution is 7.45. The summed E-state index contributed by atoms with van der Waals surface area (Å²) < 4.78 is 22.0. The smallest absolute Gasteiger partial charge is 0.330 e. The van der Waals surface area contributed by atoms with E-state index in [2.05, 4.69) is 20.5 Å². The van der Waals surface area contributed by atoms with Gasteiger partial charge in [0.25, 0.3) is 7.82 Å². The molecule has 0 aromatic rings. The van der Waals surface area contributed by atoms with E-state index in [9.17, 15) is 14.3 Å². The van der Waals surface area contributed by atoms with Crippen molar-refractivity contribution >= 4 is 13.8 Å². The molecular weight excluding hydrogens is 215 g/mol. The van der Waals surface area contributed by atoms with Gasteiger partial charge >= 0.3 is 5.97 Å². The molecule has 0 saturated heterocycles. The Labute approximate surface area is 80.4 Å². The Morgan fingerprint density at radius 3 is 2.71 bits per heavy atom. The molecule has 14 heavy (non-hydrogen) atoms. The molecule has 8 heteroatoms. The lowest BCUT2D eigenvalue weighted by atomic mass is 10.5. The number of hydrogen-bond donors (Lipinski definition) is 1. The van der Waals surface area contributed by atoms with E-state index in [0.717, 1.165) is 6.08 Å². The van der Waals surface area contributed by atoms with Gasteiger partial charge in [-0.3, -0.25) is 4.57 Å². The second kappa shape index (κ2) is 6.69. The maximum atomic E-state index is 10.5. The van der Waals surface area contributed by atoms with Crippen molar-refractivity contribution in [3.8, 4) is 0 Å². The van der Waals surface area contributed by atoms with E-state index in [1.165, 1.54) is 0 Å². The zero-order valence-corrected chi connectivity index (χ0v) is 8.14. The Hall–Kier alpha value is -0.720. The Balaban J connectivity index is 3.43. The summed E-state index contributed by atoms with van der Waals surface area (Å²) in [5.41, 5.74) is 0. The van der Waals surface area contributed by atoms with Gasteiger partial charge in [0.2, 0.25) is 0 Å². The van der Waals surface area contributed by atoms with E-state index < -0.39 is 13.8 Å². The fraction of sp³-hybridized carbons (Fsp3) is 0.500. The van der Waals surface area contributed by atoms with Gasteiger partial charge in [0.15, 0.2) is 0 Å². The lowest BCUT2D eigenvalue weighted by Crippen LogP contribution is -2.09. The third kappa shape index (κ3) is 6.76. The van der Waals surface area contributed by atoms with Crippen molar-refractivity contribution in [1.29, 1.82) is 0 Å². The highest BCUT2D eigenvalue weighted by Crippen LogP contribution is 2.36. The molecule has 0 amide bonds. The first-order valence-corrected chi connectivity index (χ1v) is 5.06. The summed E-state index contributed by atoms with van der Waals surface area (Å²) in [7, 11) is -4.60. The molecule has 0 aliphatic rings. The first-order chi connectivity index (χ1) is 6.52. The van der Waals surface area contributed by atoms with E-state index in [0.29, 0.717) is 0 Å². The van der Waals surface area contributed by atoms with Crippen molar-refractivity contribution in [2.45, 2.75) is 6.42 Å². The van der Waals surface area contributed by atoms with Crippen LogP contribution < -0.4 is 4.89 Å². The van der Waals surface area contributed by atoms with Crippen molar-refractivity contribution in [3.63, 3.8) is 0 Å². The molecule has 0 bridgehead atoms. The maximum Gasteiger partial charge on any atom is 0.330 e. The second-order valence-electron chi connectivity index (χ2n) is 2.09. The third-order valence-electron chi connectivity index (χ3n) is 1.05. The molecule has 0 aliphatic heterocycles. The topological polar surface area (TPSA) is 105 Å². The largest absolute Gasteiger partial charge is 0.754 e. The van der Waals surface area contributed by atoms with E-state index in [-0.39, 0.29) is 19.6 Å².